The largest absolute Gasteiger partial charge is 0.497 e. The summed E-state index contributed by atoms with van der Waals surface area (Å²) >= 11 is 0. The summed E-state index contributed by atoms with van der Waals surface area (Å²) in [6.07, 6.45) is 0. The van der Waals surface area contributed by atoms with E-state index in [9.17, 15) is 0 Å². The van der Waals surface area contributed by atoms with Gasteiger partial charge in [-0.1, -0.05) is 0 Å². The molecule has 1 aromatic heterocycles. The van der Waals surface area contributed by atoms with Gasteiger partial charge in [0.15, 0.2) is 0 Å². The van der Waals surface area contributed by atoms with Crippen molar-refractivity contribution in [2.24, 2.45) is 0 Å². The van der Waals surface area contributed by atoms with E-state index in [4.69, 9.17) is 15.0 Å². The number of hydrogen-bond donors (Lipinski definition) is 0. The maximum atomic E-state index is 9.16. The summed E-state index contributed by atoms with van der Waals surface area (Å²) in [5.74, 6) is 1.61. The normalized spacial score (nSPS) is 10.6. The Morgan fingerprint density at radius 3 is 2.45 bits per heavy atom. The molecule has 0 fully saturated rings. The zero-order valence-electron chi connectivity index (χ0n) is 12.9. The fourth-order valence-electron chi connectivity index (χ4n) is 2.57. The average molecular weight is 291 g/mol. The molecule has 0 spiro atoms. The van der Waals surface area contributed by atoms with Gasteiger partial charge in [0, 0.05) is 5.56 Å². The van der Waals surface area contributed by atoms with Crippen LogP contribution in [0.1, 0.15) is 11.1 Å². The van der Waals surface area contributed by atoms with Gasteiger partial charge in [-0.3, -0.25) is 0 Å². The Bertz CT molecular complexity index is 870. The second kappa shape index (κ2) is 5.53. The van der Waals surface area contributed by atoms with Crippen LogP contribution in [0.2, 0.25) is 0 Å². The van der Waals surface area contributed by atoms with Crippen LogP contribution in [-0.2, 0) is 6.54 Å². The molecule has 0 radical (unpaired) electrons. The van der Waals surface area contributed by atoms with E-state index in [1.54, 1.807) is 7.11 Å². The van der Waals surface area contributed by atoms with Crippen molar-refractivity contribution in [3.8, 4) is 23.2 Å². The van der Waals surface area contributed by atoms with Crippen molar-refractivity contribution in [2.45, 2.75) is 20.4 Å². The third-order valence-electron chi connectivity index (χ3n) is 3.94. The number of aryl methyl sites for hydroxylation is 2. The third-order valence-corrected chi connectivity index (χ3v) is 3.94. The SMILES string of the molecule is COc1ccc(-c2nc3cc(C)c(C)cc3n2CC#N)cc1. The molecule has 0 aliphatic carbocycles. The number of nitriles is 1. The van der Waals surface area contributed by atoms with Gasteiger partial charge in [-0.05, 0) is 61.4 Å². The van der Waals surface area contributed by atoms with Crippen molar-refractivity contribution in [3.05, 3.63) is 47.5 Å². The Morgan fingerprint density at radius 2 is 1.82 bits per heavy atom. The monoisotopic (exact) mass is 291 g/mol. The number of ether oxygens (including phenoxy) is 1. The first-order valence-electron chi connectivity index (χ1n) is 7.13. The van der Waals surface area contributed by atoms with E-state index >= 15 is 0 Å². The van der Waals surface area contributed by atoms with Crippen LogP contribution in [-0.4, -0.2) is 16.7 Å². The zero-order valence-corrected chi connectivity index (χ0v) is 12.9. The first-order chi connectivity index (χ1) is 10.6. The van der Waals surface area contributed by atoms with Crippen molar-refractivity contribution in [1.29, 1.82) is 5.26 Å². The van der Waals surface area contributed by atoms with Crippen LogP contribution in [0.3, 0.4) is 0 Å². The van der Waals surface area contributed by atoms with Crippen molar-refractivity contribution in [2.75, 3.05) is 7.11 Å². The molecule has 0 unspecified atom stereocenters. The van der Waals surface area contributed by atoms with Crippen LogP contribution < -0.4 is 4.74 Å². The molecule has 3 aromatic rings. The molecule has 0 bridgehead atoms. The van der Waals surface area contributed by atoms with Crippen molar-refractivity contribution in [1.82, 2.24) is 9.55 Å². The standard InChI is InChI=1S/C18H17N3O/c1-12-10-16-17(11-13(12)2)21(9-8-19)18(20-16)14-4-6-15(22-3)7-5-14/h4-7,10-11H,9H2,1-3H3. The highest BCUT2D eigenvalue weighted by molar-refractivity contribution is 5.82. The first kappa shape index (κ1) is 14.2. The van der Waals surface area contributed by atoms with Gasteiger partial charge in [0.25, 0.3) is 0 Å². The minimum atomic E-state index is 0.278. The van der Waals surface area contributed by atoms with Gasteiger partial charge in [-0.25, -0.2) is 4.98 Å². The Balaban J connectivity index is 2.23. The summed E-state index contributed by atoms with van der Waals surface area (Å²) in [6.45, 7) is 4.43. The molecule has 0 aliphatic rings. The van der Waals surface area contributed by atoms with E-state index < -0.39 is 0 Å². The number of rotatable bonds is 3. The summed E-state index contributed by atoms with van der Waals surface area (Å²) < 4.78 is 7.16. The molecule has 4 heteroatoms. The van der Waals surface area contributed by atoms with E-state index in [2.05, 4.69) is 32.0 Å². The maximum Gasteiger partial charge on any atom is 0.142 e. The van der Waals surface area contributed by atoms with Crippen molar-refractivity contribution in [3.63, 3.8) is 0 Å². The predicted octanol–water partition coefficient (Wildman–Crippen LogP) is 3.85. The molecule has 0 saturated heterocycles. The number of aromatic nitrogens is 2. The number of benzene rings is 2. The second-order valence-corrected chi connectivity index (χ2v) is 5.33. The topological polar surface area (TPSA) is 50.8 Å². The van der Waals surface area contributed by atoms with Crippen LogP contribution >= 0.6 is 0 Å². The number of nitrogens with zero attached hydrogens (tertiary/aromatic N) is 3. The Kier molecular flexibility index (Phi) is 3.56. The fourth-order valence-corrected chi connectivity index (χ4v) is 2.57. The molecule has 0 amide bonds. The van der Waals surface area contributed by atoms with Crippen LogP contribution in [0.5, 0.6) is 5.75 Å². The van der Waals surface area contributed by atoms with E-state index in [0.29, 0.717) is 0 Å². The number of imidazole rings is 1. The van der Waals surface area contributed by atoms with Gasteiger partial charge in [0.1, 0.15) is 18.1 Å². The molecule has 0 atom stereocenters. The minimum Gasteiger partial charge on any atom is -0.497 e. The molecule has 4 nitrogen and oxygen atoms in total. The summed E-state index contributed by atoms with van der Waals surface area (Å²) in [6, 6.07) is 14.1. The summed E-state index contributed by atoms with van der Waals surface area (Å²) in [4.78, 5) is 4.73. The number of methoxy groups -OCH3 is 1. The highest BCUT2D eigenvalue weighted by Gasteiger charge is 2.13. The van der Waals surface area contributed by atoms with Gasteiger partial charge in [0.05, 0.1) is 24.2 Å². The van der Waals surface area contributed by atoms with E-state index in [0.717, 1.165) is 28.2 Å². The summed E-state index contributed by atoms with van der Waals surface area (Å²) in [5, 5.41) is 9.16. The quantitative estimate of drug-likeness (QED) is 0.736. The van der Waals surface area contributed by atoms with E-state index in [-0.39, 0.29) is 6.54 Å². The van der Waals surface area contributed by atoms with Gasteiger partial charge in [-0.15, -0.1) is 0 Å². The second-order valence-electron chi connectivity index (χ2n) is 5.33. The van der Waals surface area contributed by atoms with Gasteiger partial charge in [-0.2, -0.15) is 5.26 Å². The van der Waals surface area contributed by atoms with E-state index in [1.165, 1.54) is 11.1 Å². The highest BCUT2D eigenvalue weighted by atomic mass is 16.5. The molecule has 1 heterocycles. The van der Waals surface area contributed by atoms with Gasteiger partial charge in [0.2, 0.25) is 0 Å². The minimum absolute atomic E-state index is 0.278. The summed E-state index contributed by atoms with van der Waals surface area (Å²) in [7, 11) is 1.64. The maximum absolute atomic E-state index is 9.16. The molecule has 0 saturated carbocycles. The van der Waals surface area contributed by atoms with Crippen molar-refractivity contribution < 1.29 is 4.74 Å². The number of hydrogen-bond acceptors (Lipinski definition) is 3. The van der Waals surface area contributed by atoms with Crippen LogP contribution in [0, 0.1) is 25.2 Å². The zero-order chi connectivity index (χ0) is 15.7. The molecular weight excluding hydrogens is 274 g/mol. The first-order valence-corrected chi connectivity index (χ1v) is 7.13. The van der Waals surface area contributed by atoms with Crippen molar-refractivity contribution >= 4 is 11.0 Å². The molecule has 0 N–H and O–H groups in total. The lowest BCUT2D eigenvalue weighted by molar-refractivity contribution is 0.415. The lowest BCUT2D eigenvalue weighted by Crippen LogP contribution is -1.99. The Hall–Kier alpha value is -2.80. The molecule has 22 heavy (non-hydrogen) atoms. The molecule has 2 aromatic carbocycles. The average Bonchev–Trinajstić information content (AvgIpc) is 2.86. The van der Waals surface area contributed by atoms with E-state index in [1.807, 2.05) is 28.8 Å². The molecular formula is C18H17N3O. The lowest BCUT2D eigenvalue weighted by Gasteiger charge is -2.06. The smallest absolute Gasteiger partial charge is 0.142 e. The molecule has 3 rings (SSSR count). The molecule has 110 valence electrons. The Labute approximate surface area is 129 Å². The fraction of sp³-hybridized carbons (Fsp3) is 0.222. The highest BCUT2D eigenvalue weighted by Crippen LogP contribution is 2.28. The van der Waals surface area contributed by atoms with Crippen LogP contribution in [0.15, 0.2) is 36.4 Å². The Morgan fingerprint density at radius 1 is 1.14 bits per heavy atom. The number of fused-ring (bicyclic) bond motifs is 1. The van der Waals surface area contributed by atoms with Crippen LogP contribution in [0.25, 0.3) is 22.4 Å². The van der Waals surface area contributed by atoms with Gasteiger partial charge >= 0.3 is 0 Å². The van der Waals surface area contributed by atoms with Gasteiger partial charge < -0.3 is 9.30 Å². The van der Waals surface area contributed by atoms with Crippen LogP contribution in [0.4, 0.5) is 0 Å². The predicted molar refractivity (Wildman–Crippen MR) is 86.8 cm³/mol. The third kappa shape index (κ3) is 2.31. The molecule has 0 aliphatic heterocycles. The summed E-state index contributed by atoms with van der Waals surface area (Å²) in [5.41, 5.74) is 5.30. The lowest BCUT2D eigenvalue weighted by atomic mass is 10.1.